The number of rotatable bonds is 2. The lowest BCUT2D eigenvalue weighted by Crippen LogP contribution is -2.27. The second-order valence-corrected chi connectivity index (χ2v) is 7.02. The van der Waals surface area contributed by atoms with Crippen molar-refractivity contribution in [3.8, 4) is 5.69 Å². The third kappa shape index (κ3) is 3.22. The van der Waals surface area contributed by atoms with Gasteiger partial charge in [-0.25, -0.2) is 4.98 Å². The van der Waals surface area contributed by atoms with Gasteiger partial charge in [0.15, 0.2) is 0 Å². The highest BCUT2D eigenvalue weighted by atomic mass is 35.5. The van der Waals surface area contributed by atoms with Crippen molar-refractivity contribution in [2.75, 3.05) is 18.0 Å². The van der Waals surface area contributed by atoms with Gasteiger partial charge in [0.25, 0.3) is 5.56 Å². The van der Waals surface area contributed by atoms with Crippen LogP contribution < -0.4 is 10.5 Å². The van der Waals surface area contributed by atoms with Crippen LogP contribution in [0.2, 0.25) is 5.02 Å². The van der Waals surface area contributed by atoms with Gasteiger partial charge in [-0.3, -0.25) is 9.36 Å². The third-order valence-electron chi connectivity index (χ3n) is 4.73. The van der Waals surface area contributed by atoms with E-state index in [0.717, 1.165) is 10.6 Å². The Morgan fingerprint density at radius 3 is 2.54 bits per heavy atom. The number of halogens is 4. The minimum absolute atomic E-state index is 0.133. The number of para-hydroxylation sites is 1. The second-order valence-electron chi connectivity index (χ2n) is 6.61. The fourth-order valence-electron chi connectivity index (χ4n) is 3.43. The second kappa shape index (κ2) is 6.79. The number of aliphatic hydroxyl groups excluding tert-OH is 1. The zero-order valence-electron chi connectivity index (χ0n) is 14.4. The molecule has 3 heterocycles. The van der Waals surface area contributed by atoms with Crippen LogP contribution in [0.3, 0.4) is 0 Å². The maximum absolute atomic E-state index is 13.3. The molecule has 0 amide bonds. The van der Waals surface area contributed by atoms with Crippen LogP contribution in [-0.4, -0.2) is 33.9 Å². The highest BCUT2D eigenvalue weighted by Gasteiger charge is 2.33. The molecule has 3 aromatic rings. The molecule has 0 spiro atoms. The first-order chi connectivity index (χ1) is 13.3. The Labute approximate surface area is 162 Å². The molecule has 0 saturated carbocycles. The summed E-state index contributed by atoms with van der Waals surface area (Å²) < 4.78 is 40.9. The molecule has 9 heteroatoms. The van der Waals surface area contributed by atoms with Gasteiger partial charge in [-0.2, -0.15) is 13.2 Å². The number of anilines is 1. The highest BCUT2D eigenvalue weighted by molar-refractivity contribution is 6.32. The minimum Gasteiger partial charge on any atom is -0.391 e. The Hall–Kier alpha value is -2.58. The predicted octanol–water partition coefficient (Wildman–Crippen LogP) is 3.63. The van der Waals surface area contributed by atoms with E-state index in [1.165, 1.54) is 12.1 Å². The molecule has 5 nitrogen and oxygen atoms in total. The summed E-state index contributed by atoms with van der Waals surface area (Å²) in [5.41, 5.74) is -1.09. The van der Waals surface area contributed by atoms with Gasteiger partial charge in [0.1, 0.15) is 11.3 Å². The number of benzene rings is 1. The number of alkyl halides is 3. The van der Waals surface area contributed by atoms with Crippen molar-refractivity contribution in [2.45, 2.75) is 18.7 Å². The lowest BCUT2D eigenvalue weighted by atomic mass is 10.2. The molecule has 0 unspecified atom stereocenters. The van der Waals surface area contributed by atoms with Gasteiger partial charge in [0.2, 0.25) is 0 Å². The van der Waals surface area contributed by atoms with Crippen molar-refractivity contribution in [3.63, 3.8) is 0 Å². The highest BCUT2D eigenvalue weighted by Crippen LogP contribution is 2.34. The summed E-state index contributed by atoms with van der Waals surface area (Å²) in [7, 11) is 0. The Morgan fingerprint density at radius 2 is 1.89 bits per heavy atom. The van der Waals surface area contributed by atoms with Crippen LogP contribution >= 0.6 is 11.6 Å². The molecule has 1 fully saturated rings. The molecule has 1 atom stereocenters. The van der Waals surface area contributed by atoms with E-state index in [2.05, 4.69) is 4.98 Å². The number of nitrogens with zero attached hydrogens (tertiary/aromatic N) is 3. The lowest BCUT2D eigenvalue weighted by molar-refractivity contribution is -0.141. The molecule has 28 heavy (non-hydrogen) atoms. The van der Waals surface area contributed by atoms with Crippen molar-refractivity contribution < 1.29 is 18.3 Å². The Balaban J connectivity index is 2.05. The molecule has 1 saturated heterocycles. The molecule has 0 aliphatic carbocycles. The van der Waals surface area contributed by atoms with Gasteiger partial charge in [-0.1, -0.05) is 23.7 Å². The van der Waals surface area contributed by atoms with Crippen molar-refractivity contribution in [1.82, 2.24) is 9.55 Å². The minimum atomic E-state index is -4.66. The summed E-state index contributed by atoms with van der Waals surface area (Å²) in [4.78, 5) is 18.4. The van der Waals surface area contributed by atoms with Crippen LogP contribution in [0, 0.1) is 0 Å². The maximum Gasteiger partial charge on any atom is 0.433 e. The molecule has 1 aliphatic heterocycles. The first-order valence-electron chi connectivity index (χ1n) is 8.57. The number of fused-ring (bicyclic) bond motifs is 1. The van der Waals surface area contributed by atoms with Crippen molar-refractivity contribution >= 4 is 28.3 Å². The standard InChI is InChI=1S/C19H15ClF3N3O2/c20-13-3-1-2-4-14(13)26-17(28)9-15(25-8-7-11(27)10-25)12-5-6-16(19(21,22)23)24-18(12)26/h1-6,9,11,27H,7-8,10H2/t11-/m1/s1. The van der Waals surface area contributed by atoms with Gasteiger partial charge < -0.3 is 10.0 Å². The number of hydrogen-bond acceptors (Lipinski definition) is 4. The molecule has 1 aromatic carbocycles. The summed E-state index contributed by atoms with van der Waals surface area (Å²) in [5.74, 6) is 0. The summed E-state index contributed by atoms with van der Waals surface area (Å²) in [5, 5.41) is 10.4. The Kier molecular flexibility index (Phi) is 4.55. The predicted molar refractivity (Wildman–Crippen MR) is 100 cm³/mol. The smallest absolute Gasteiger partial charge is 0.391 e. The summed E-state index contributed by atoms with van der Waals surface area (Å²) in [6, 6.07) is 9.93. The van der Waals surface area contributed by atoms with Crippen LogP contribution in [0.1, 0.15) is 12.1 Å². The summed E-state index contributed by atoms with van der Waals surface area (Å²) in [6.45, 7) is 0.790. The van der Waals surface area contributed by atoms with Gasteiger partial charge in [-0.15, -0.1) is 0 Å². The van der Waals surface area contributed by atoms with Gasteiger partial charge in [-0.05, 0) is 30.7 Å². The fraction of sp³-hybridized carbons (Fsp3) is 0.263. The van der Waals surface area contributed by atoms with Crippen LogP contribution in [0.5, 0.6) is 0 Å². The van der Waals surface area contributed by atoms with E-state index in [1.807, 2.05) is 0 Å². The topological polar surface area (TPSA) is 58.4 Å². The molecule has 4 rings (SSSR count). The number of aromatic nitrogens is 2. The number of β-amino-alcohol motifs (C(OH)–C–C–N with tert-alkyl or cyclic N) is 1. The maximum atomic E-state index is 13.3. The van der Waals surface area contributed by atoms with Crippen LogP contribution in [-0.2, 0) is 6.18 Å². The first kappa shape index (κ1) is 18.8. The average Bonchev–Trinajstić information content (AvgIpc) is 3.07. The lowest BCUT2D eigenvalue weighted by Gasteiger charge is -2.22. The molecule has 0 bridgehead atoms. The number of aliphatic hydroxyl groups is 1. The molecule has 0 radical (unpaired) electrons. The number of pyridine rings is 2. The van der Waals surface area contributed by atoms with E-state index in [-0.39, 0.29) is 16.4 Å². The van der Waals surface area contributed by atoms with E-state index in [4.69, 9.17) is 11.6 Å². The van der Waals surface area contributed by atoms with Gasteiger partial charge in [0.05, 0.1) is 22.5 Å². The van der Waals surface area contributed by atoms with Crippen LogP contribution in [0.25, 0.3) is 16.7 Å². The molecule has 1 N–H and O–H groups in total. The molecule has 146 valence electrons. The van der Waals surface area contributed by atoms with E-state index in [0.29, 0.717) is 30.6 Å². The Morgan fingerprint density at radius 1 is 1.14 bits per heavy atom. The monoisotopic (exact) mass is 409 g/mol. The fourth-order valence-corrected chi connectivity index (χ4v) is 3.65. The normalized spacial score (nSPS) is 17.5. The SMILES string of the molecule is O=c1cc(N2CC[C@@H](O)C2)c2ccc(C(F)(F)F)nc2n1-c1ccccc1Cl. The quantitative estimate of drug-likeness (QED) is 0.702. The van der Waals surface area contributed by atoms with Gasteiger partial charge in [0, 0.05) is 24.5 Å². The van der Waals surface area contributed by atoms with E-state index < -0.39 is 23.5 Å². The van der Waals surface area contributed by atoms with Crippen molar-refractivity contribution in [3.05, 3.63) is 63.5 Å². The van der Waals surface area contributed by atoms with Gasteiger partial charge >= 0.3 is 6.18 Å². The summed E-state index contributed by atoms with van der Waals surface area (Å²) >= 11 is 6.19. The first-order valence-corrected chi connectivity index (χ1v) is 8.95. The van der Waals surface area contributed by atoms with Crippen molar-refractivity contribution in [1.29, 1.82) is 0 Å². The largest absolute Gasteiger partial charge is 0.433 e. The molecular formula is C19H15ClF3N3O2. The van der Waals surface area contributed by atoms with E-state index in [1.54, 1.807) is 29.2 Å². The third-order valence-corrected chi connectivity index (χ3v) is 5.05. The van der Waals surface area contributed by atoms with Crippen LogP contribution in [0.4, 0.5) is 18.9 Å². The Bertz CT molecular complexity index is 1110. The molecule has 1 aliphatic rings. The summed E-state index contributed by atoms with van der Waals surface area (Å²) in [6.07, 6.45) is -4.69. The van der Waals surface area contributed by atoms with Crippen LogP contribution in [0.15, 0.2) is 47.3 Å². The average molecular weight is 410 g/mol. The van der Waals surface area contributed by atoms with E-state index >= 15 is 0 Å². The van der Waals surface area contributed by atoms with Crippen molar-refractivity contribution in [2.24, 2.45) is 0 Å². The molecule has 2 aromatic heterocycles. The number of hydrogen-bond donors (Lipinski definition) is 1. The zero-order valence-corrected chi connectivity index (χ0v) is 15.2. The van der Waals surface area contributed by atoms with E-state index in [9.17, 15) is 23.1 Å². The molecular weight excluding hydrogens is 395 g/mol. The zero-order chi connectivity index (χ0) is 20.1.